The number of carbonyl (C=O) groups is 1. The van der Waals surface area contributed by atoms with Crippen LogP contribution in [0.5, 0.6) is 0 Å². The number of halogens is 1. The van der Waals surface area contributed by atoms with E-state index in [1.807, 2.05) is 18.2 Å². The molecule has 1 aliphatic heterocycles. The van der Waals surface area contributed by atoms with Crippen molar-refractivity contribution in [3.8, 4) is 0 Å². The predicted octanol–water partition coefficient (Wildman–Crippen LogP) is 1.85. The van der Waals surface area contributed by atoms with E-state index in [-0.39, 0.29) is 11.9 Å². The van der Waals surface area contributed by atoms with Crippen LogP contribution in [0.1, 0.15) is 5.56 Å². The van der Waals surface area contributed by atoms with Crippen LogP contribution in [0, 0.1) is 0 Å². The van der Waals surface area contributed by atoms with E-state index in [0.717, 1.165) is 13.1 Å². The molecule has 0 amide bonds. The van der Waals surface area contributed by atoms with E-state index in [0.29, 0.717) is 18.5 Å². The van der Waals surface area contributed by atoms with Gasteiger partial charge in [0.15, 0.2) is 5.78 Å². The number of carbonyl (C=O) groups excluding carboxylic acids is 1. The minimum atomic E-state index is -0.271. The first-order valence-electron chi connectivity index (χ1n) is 5.76. The summed E-state index contributed by atoms with van der Waals surface area (Å²) in [6.07, 6.45) is -0.271. The Morgan fingerprint density at radius 2 is 2.18 bits per heavy atom. The highest BCUT2D eigenvalue weighted by Gasteiger charge is 2.25. The number of nitrogens with zero attached hydrogens (tertiary/aromatic N) is 1. The van der Waals surface area contributed by atoms with Gasteiger partial charge in [0.25, 0.3) is 0 Å². The third-order valence-corrected chi connectivity index (χ3v) is 3.44. The number of benzene rings is 1. The van der Waals surface area contributed by atoms with Crippen LogP contribution in [0.4, 0.5) is 0 Å². The number of rotatable bonds is 4. The smallest absolute Gasteiger partial charge is 0.173 e. The summed E-state index contributed by atoms with van der Waals surface area (Å²) in [5.41, 5.74) is 1.28. The van der Waals surface area contributed by atoms with Gasteiger partial charge in [0.05, 0.1) is 11.9 Å². The van der Waals surface area contributed by atoms with Gasteiger partial charge in [-0.15, -0.1) is 0 Å². The molecule has 0 aliphatic carbocycles. The van der Waals surface area contributed by atoms with Gasteiger partial charge < -0.3 is 4.74 Å². The highest BCUT2D eigenvalue weighted by atomic mass is 79.9. The molecule has 1 atom stereocenters. The fourth-order valence-electron chi connectivity index (χ4n) is 1.97. The first-order chi connectivity index (χ1) is 8.29. The van der Waals surface area contributed by atoms with E-state index >= 15 is 0 Å². The molecule has 1 aromatic carbocycles. The van der Waals surface area contributed by atoms with Gasteiger partial charge in [0.2, 0.25) is 0 Å². The molecule has 0 spiro atoms. The third-order valence-electron chi connectivity index (χ3n) is 2.89. The van der Waals surface area contributed by atoms with Crippen molar-refractivity contribution < 1.29 is 9.53 Å². The second kappa shape index (κ2) is 6.28. The number of alkyl halides is 1. The predicted molar refractivity (Wildman–Crippen MR) is 70.3 cm³/mol. The summed E-state index contributed by atoms with van der Waals surface area (Å²) < 4.78 is 5.48. The lowest BCUT2D eigenvalue weighted by molar-refractivity contribution is -0.133. The van der Waals surface area contributed by atoms with Gasteiger partial charge in [-0.2, -0.15) is 0 Å². The van der Waals surface area contributed by atoms with Gasteiger partial charge in [-0.3, -0.25) is 9.69 Å². The van der Waals surface area contributed by atoms with Crippen molar-refractivity contribution in [1.29, 1.82) is 0 Å². The van der Waals surface area contributed by atoms with E-state index < -0.39 is 0 Å². The van der Waals surface area contributed by atoms with E-state index in [1.165, 1.54) is 5.56 Å². The summed E-state index contributed by atoms with van der Waals surface area (Å²) in [5.74, 6) is 0.128. The molecule has 92 valence electrons. The lowest BCUT2D eigenvalue weighted by atomic mass is 10.1. The van der Waals surface area contributed by atoms with Crippen molar-refractivity contribution in [1.82, 2.24) is 4.90 Å². The summed E-state index contributed by atoms with van der Waals surface area (Å²) in [6.45, 7) is 3.10. The second-order valence-corrected chi connectivity index (χ2v) is 4.74. The van der Waals surface area contributed by atoms with Gasteiger partial charge in [0.1, 0.15) is 6.10 Å². The molecule has 0 radical (unpaired) electrons. The fraction of sp³-hybridized carbons (Fsp3) is 0.462. The van der Waals surface area contributed by atoms with Crippen LogP contribution >= 0.6 is 15.9 Å². The molecule has 2 rings (SSSR count). The Balaban J connectivity index is 1.92. The van der Waals surface area contributed by atoms with Crippen LogP contribution in [0.15, 0.2) is 30.3 Å². The SMILES string of the molecule is O=C(CBr)C1CN(Cc2ccccc2)CCO1. The molecule has 1 aromatic rings. The molecule has 0 saturated carbocycles. The lowest BCUT2D eigenvalue weighted by Crippen LogP contribution is -2.45. The Morgan fingerprint density at radius 1 is 1.41 bits per heavy atom. The monoisotopic (exact) mass is 297 g/mol. The molecule has 1 aliphatic rings. The largest absolute Gasteiger partial charge is 0.368 e. The van der Waals surface area contributed by atoms with Gasteiger partial charge in [-0.1, -0.05) is 46.3 Å². The van der Waals surface area contributed by atoms with E-state index in [4.69, 9.17) is 4.74 Å². The van der Waals surface area contributed by atoms with E-state index in [9.17, 15) is 4.79 Å². The average Bonchev–Trinajstić information content (AvgIpc) is 2.39. The highest BCUT2D eigenvalue weighted by Crippen LogP contribution is 2.11. The van der Waals surface area contributed by atoms with Gasteiger partial charge >= 0.3 is 0 Å². The Labute approximate surface area is 110 Å². The molecular formula is C13H16BrNO2. The van der Waals surface area contributed by atoms with E-state index in [2.05, 4.69) is 33.0 Å². The Hall–Kier alpha value is -0.710. The molecular weight excluding hydrogens is 282 g/mol. The molecule has 1 heterocycles. The Bertz CT molecular complexity index is 369. The van der Waals surface area contributed by atoms with Gasteiger partial charge in [-0.05, 0) is 5.56 Å². The van der Waals surface area contributed by atoms with Crippen molar-refractivity contribution >= 4 is 21.7 Å². The zero-order chi connectivity index (χ0) is 12.1. The first-order valence-corrected chi connectivity index (χ1v) is 6.88. The number of ether oxygens (including phenoxy) is 1. The maximum absolute atomic E-state index is 11.6. The van der Waals surface area contributed by atoms with Crippen LogP contribution in [-0.2, 0) is 16.1 Å². The summed E-state index contributed by atoms with van der Waals surface area (Å²) in [6, 6.07) is 10.3. The molecule has 17 heavy (non-hydrogen) atoms. The fourth-order valence-corrected chi connectivity index (χ4v) is 2.33. The molecule has 4 heteroatoms. The average molecular weight is 298 g/mol. The zero-order valence-corrected chi connectivity index (χ0v) is 11.2. The minimum Gasteiger partial charge on any atom is -0.368 e. The van der Waals surface area contributed by atoms with Crippen LogP contribution < -0.4 is 0 Å². The molecule has 1 saturated heterocycles. The first kappa shape index (κ1) is 12.7. The maximum Gasteiger partial charge on any atom is 0.173 e. The molecule has 3 nitrogen and oxygen atoms in total. The highest BCUT2D eigenvalue weighted by molar-refractivity contribution is 9.09. The van der Waals surface area contributed by atoms with Crippen molar-refractivity contribution in [2.24, 2.45) is 0 Å². The third kappa shape index (κ3) is 3.63. The number of Topliss-reactive ketones (excluding diaryl/α,β-unsaturated/α-hetero) is 1. The molecule has 0 bridgehead atoms. The number of ketones is 1. The summed E-state index contributed by atoms with van der Waals surface area (Å²) in [5, 5.41) is 0.372. The molecule has 1 fully saturated rings. The maximum atomic E-state index is 11.6. The Kier molecular flexibility index (Phi) is 4.71. The Morgan fingerprint density at radius 3 is 2.88 bits per heavy atom. The van der Waals surface area contributed by atoms with Crippen molar-refractivity contribution in [3.05, 3.63) is 35.9 Å². The lowest BCUT2D eigenvalue weighted by Gasteiger charge is -2.31. The number of hydrogen-bond donors (Lipinski definition) is 0. The molecule has 0 aromatic heterocycles. The van der Waals surface area contributed by atoms with Gasteiger partial charge in [-0.25, -0.2) is 0 Å². The summed E-state index contributed by atoms with van der Waals surface area (Å²) >= 11 is 3.19. The van der Waals surface area contributed by atoms with Gasteiger partial charge in [0, 0.05) is 19.6 Å². The van der Waals surface area contributed by atoms with Crippen molar-refractivity contribution in [2.75, 3.05) is 25.0 Å². The van der Waals surface area contributed by atoms with Crippen LogP contribution in [0.2, 0.25) is 0 Å². The standard InChI is InChI=1S/C13H16BrNO2/c14-8-12(16)13-10-15(6-7-17-13)9-11-4-2-1-3-5-11/h1-5,13H,6-10H2. The molecule has 0 N–H and O–H groups in total. The van der Waals surface area contributed by atoms with Crippen molar-refractivity contribution in [2.45, 2.75) is 12.6 Å². The topological polar surface area (TPSA) is 29.5 Å². The number of morpholine rings is 1. The quantitative estimate of drug-likeness (QED) is 0.795. The zero-order valence-electron chi connectivity index (χ0n) is 9.64. The van der Waals surface area contributed by atoms with Crippen LogP contribution in [0.3, 0.4) is 0 Å². The van der Waals surface area contributed by atoms with Crippen molar-refractivity contribution in [3.63, 3.8) is 0 Å². The normalized spacial score (nSPS) is 21.4. The number of hydrogen-bond acceptors (Lipinski definition) is 3. The minimum absolute atomic E-state index is 0.128. The second-order valence-electron chi connectivity index (χ2n) is 4.18. The molecule has 1 unspecified atom stereocenters. The van der Waals surface area contributed by atoms with Crippen LogP contribution in [-0.4, -0.2) is 41.8 Å². The summed E-state index contributed by atoms with van der Waals surface area (Å²) in [7, 11) is 0. The van der Waals surface area contributed by atoms with E-state index in [1.54, 1.807) is 0 Å². The van der Waals surface area contributed by atoms with Crippen LogP contribution in [0.25, 0.3) is 0 Å². The summed E-state index contributed by atoms with van der Waals surface area (Å²) in [4.78, 5) is 13.8.